The van der Waals surface area contributed by atoms with Crippen LogP contribution in [0.3, 0.4) is 0 Å². The first-order chi connectivity index (χ1) is 10.5. The maximum Gasteiger partial charge on any atom is 0.262 e. The van der Waals surface area contributed by atoms with E-state index in [1.807, 2.05) is 0 Å². The van der Waals surface area contributed by atoms with Gasteiger partial charge in [-0.1, -0.05) is 23.2 Å². The highest BCUT2D eigenvalue weighted by Crippen LogP contribution is 2.25. The number of benzene rings is 2. The lowest BCUT2D eigenvalue weighted by molar-refractivity contribution is -0.118. The number of amides is 1. The number of anilines is 1. The highest BCUT2D eigenvalue weighted by molar-refractivity contribution is 6.35. The van der Waals surface area contributed by atoms with Gasteiger partial charge in [0.25, 0.3) is 5.91 Å². The number of carbonyl (C=O) groups is 2. The summed E-state index contributed by atoms with van der Waals surface area (Å²) in [5.41, 5.74) is 1.01. The first-order valence-electron chi connectivity index (χ1n) is 6.44. The fourth-order valence-electron chi connectivity index (χ4n) is 1.71. The molecular formula is C16H13Cl2NO3. The van der Waals surface area contributed by atoms with Crippen molar-refractivity contribution in [1.29, 1.82) is 0 Å². The number of nitrogens with one attached hydrogen (secondary N) is 1. The molecule has 0 atom stereocenters. The second kappa shape index (κ2) is 7.29. The third-order valence-corrected chi connectivity index (χ3v) is 3.40. The smallest absolute Gasteiger partial charge is 0.262 e. The summed E-state index contributed by atoms with van der Waals surface area (Å²) >= 11 is 11.8. The molecule has 0 unspecified atom stereocenters. The quantitative estimate of drug-likeness (QED) is 0.831. The van der Waals surface area contributed by atoms with Crippen molar-refractivity contribution >= 4 is 40.6 Å². The van der Waals surface area contributed by atoms with Gasteiger partial charge in [-0.2, -0.15) is 0 Å². The number of hydrogen-bond donors (Lipinski definition) is 1. The van der Waals surface area contributed by atoms with Gasteiger partial charge in [-0.3, -0.25) is 9.59 Å². The molecule has 4 nitrogen and oxygen atoms in total. The maximum atomic E-state index is 11.8. The molecule has 6 heteroatoms. The number of rotatable bonds is 5. The van der Waals surface area contributed by atoms with Crippen molar-refractivity contribution in [2.24, 2.45) is 0 Å². The van der Waals surface area contributed by atoms with E-state index in [1.165, 1.54) is 6.92 Å². The SMILES string of the molecule is CC(=O)c1ccc(OCC(=O)Nc2cc(Cl)ccc2Cl)cc1. The minimum absolute atomic E-state index is 0.0279. The Morgan fingerprint density at radius 2 is 1.77 bits per heavy atom. The minimum atomic E-state index is -0.361. The number of halogens is 2. The van der Waals surface area contributed by atoms with E-state index in [0.717, 1.165) is 0 Å². The highest BCUT2D eigenvalue weighted by Gasteiger charge is 2.08. The predicted octanol–water partition coefficient (Wildman–Crippen LogP) is 4.21. The van der Waals surface area contributed by atoms with Crippen LogP contribution >= 0.6 is 23.2 Å². The Balaban J connectivity index is 1.92. The fourth-order valence-corrected chi connectivity index (χ4v) is 2.05. The molecule has 2 aromatic rings. The van der Waals surface area contributed by atoms with Gasteiger partial charge in [0.2, 0.25) is 0 Å². The molecule has 114 valence electrons. The van der Waals surface area contributed by atoms with Gasteiger partial charge in [0.05, 0.1) is 10.7 Å². The zero-order chi connectivity index (χ0) is 16.1. The van der Waals surface area contributed by atoms with E-state index in [9.17, 15) is 9.59 Å². The van der Waals surface area contributed by atoms with E-state index in [4.69, 9.17) is 27.9 Å². The van der Waals surface area contributed by atoms with Crippen molar-refractivity contribution in [2.45, 2.75) is 6.92 Å². The summed E-state index contributed by atoms with van der Waals surface area (Å²) in [5, 5.41) is 3.48. The van der Waals surface area contributed by atoms with Gasteiger partial charge >= 0.3 is 0 Å². The molecule has 1 amide bonds. The van der Waals surface area contributed by atoms with E-state index < -0.39 is 0 Å². The summed E-state index contributed by atoms with van der Waals surface area (Å²) in [6.45, 7) is 1.31. The van der Waals surface area contributed by atoms with Crippen LogP contribution in [0.1, 0.15) is 17.3 Å². The van der Waals surface area contributed by atoms with Gasteiger partial charge in [0.1, 0.15) is 5.75 Å². The molecule has 22 heavy (non-hydrogen) atoms. The first kappa shape index (κ1) is 16.3. The summed E-state index contributed by atoms with van der Waals surface area (Å²) in [4.78, 5) is 23.0. The lowest BCUT2D eigenvalue weighted by atomic mass is 10.1. The molecule has 0 bridgehead atoms. The molecule has 2 rings (SSSR count). The number of Topliss-reactive ketones (excluding diaryl/α,β-unsaturated/α-hetero) is 1. The van der Waals surface area contributed by atoms with Crippen molar-refractivity contribution in [3.05, 3.63) is 58.1 Å². The van der Waals surface area contributed by atoms with Crippen LogP contribution < -0.4 is 10.1 Å². The maximum absolute atomic E-state index is 11.8. The standard InChI is InChI=1S/C16H13Cl2NO3/c1-10(20)11-2-5-13(6-3-11)22-9-16(21)19-15-8-12(17)4-7-14(15)18/h2-8H,9H2,1H3,(H,19,21). The van der Waals surface area contributed by atoms with Crippen LogP contribution in [-0.2, 0) is 4.79 Å². The van der Waals surface area contributed by atoms with Crippen molar-refractivity contribution in [3.63, 3.8) is 0 Å². The third kappa shape index (κ3) is 4.48. The van der Waals surface area contributed by atoms with Crippen LogP contribution in [0, 0.1) is 0 Å². The topological polar surface area (TPSA) is 55.4 Å². The molecule has 0 aliphatic heterocycles. The summed E-state index contributed by atoms with van der Waals surface area (Å²) < 4.78 is 5.35. The van der Waals surface area contributed by atoms with Crippen LogP contribution in [0.2, 0.25) is 10.0 Å². The van der Waals surface area contributed by atoms with E-state index in [-0.39, 0.29) is 18.3 Å². The van der Waals surface area contributed by atoms with E-state index in [0.29, 0.717) is 27.0 Å². The Morgan fingerprint density at radius 3 is 2.41 bits per heavy atom. The second-order valence-electron chi connectivity index (χ2n) is 4.54. The molecule has 0 fully saturated rings. The molecule has 1 N–H and O–H groups in total. The lowest BCUT2D eigenvalue weighted by Crippen LogP contribution is -2.20. The van der Waals surface area contributed by atoms with Gasteiger partial charge in [-0.05, 0) is 49.4 Å². The largest absolute Gasteiger partial charge is 0.484 e. The molecular weight excluding hydrogens is 325 g/mol. The summed E-state index contributed by atoms with van der Waals surface area (Å²) in [6.07, 6.45) is 0. The van der Waals surface area contributed by atoms with Gasteiger partial charge in [-0.15, -0.1) is 0 Å². The normalized spacial score (nSPS) is 10.1. The average Bonchev–Trinajstić information content (AvgIpc) is 2.49. The summed E-state index contributed by atoms with van der Waals surface area (Å²) in [7, 11) is 0. The molecule has 0 aliphatic carbocycles. The Labute approximate surface area is 138 Å². The zero-order valence-corrected chi connectivity index (χ0v) is 13.2. The van der Waals surface area contributed by atoms with Crippen LogP contribution in [0.4, 0.5) is 5.69 Å². The lowest BCUT2D eigenvalue weighted by Gasteiger charge is -2.09. The van der Waals surface area contributed by atoms with Crippen LogP contribution in [-0.4, -0.2) is 18.3 Å². The Bertz CT molecular complexity index is 699. The molecule has 0 spiro atoms. The van der Waals surface area contributed by atoms with Crippen molar-refractivity contribution in [2.75, 3.05) is 11.9 Å². The predicted molar refractivity (Wildman–Crippen MR) is 87.0 cm³/mol. The van der Waals surface area contributed by atoms with Crippen LogP contribution in [0.25, 0.3) is 0 Å². The highest BCUT2D eigenvalue weighted by atomic mass is 35.5. The molecule has 0 radical (unpaired) electrons. The van der Waals surface area contributed by atoms with E-state index in [2.05, 4.69) is 5.32 Å². The van der Waals surface area contributed by atoms with Gasteiger partial charge in [0.15, 0.2) is 12.4 Å². The van der Waals surface area contributed by atoms with Crippen molar-refractivity contribution < 1.29 is 14.3 Å². The van der Waals surface area contributed by atoms with Crippen LogP contribution in [0.5, 0.6) is 5.75 Å². The number of hydrogen-bond acceptors (Lipinski definition) is 3. The molecule has 0 aliphatic rings. The van der Waals surface area contributed by atoms with Crippen LogP contribution in [0.15, 0.2) is 42.5 Å². The summed E-state index contributed by atoms with van der Waals surface area (Å²) in [5.74, 6) is 0.108. The van der Waals surface area contributed by atoms with Gasteiger partial charge < -0.3 is 10.1 Å². The number of ether oxygens (including phenoxy) is 1. The molecule has 0 saturated carbocycles. The average molecular weight is 338 g/mol. The minimum Gasteiger partial charge on any atom is -0.484 e. The van der Waals surface area contributed by atoms with E-state index in [1.54, 1.807) is 42.5 Å². The van der Waals surface area contributed by atoms with Crippen molar-refractivity contribution in [3.8, 4) is 5.75 Å². The first-order valence-corrected chi connectivity index (χ1v) is 7.20. The monoisotopic (exact) mass is 337 g/mol. The molecule has 2 aromatic carbocycles. The zero-order valence-electron chi connectivity index (χ0n) is 11.7. The molecule has 0 saturated heterocycles. The number of ketones is 1. The Morgan fingerprint density at radius 1 is 1.09 bits per heavy atom. The van der Waals surface area contributed by atoms with Gasteiger partial charge in [0, 0.05) is 10.6 Å². The molecule has 0 aromatic heterocycles. The van der Waals surface area contributed by atoms with Crippen molar-refractivity contribution in [1.82, 2.24) is 0 Å². The summed E-state index contributed by atoms with van der Waals surface area (Å²) in [6, 6.07) is 11.3. The third-order valence-electron chi connectivity index (χ3n) is 2.83. The second-order valence-corrected chi connectivity index (χ2v) is 5.39. The van der Waals surface area contributed by atoms with Gasteiger partial charge in [-0.25, -0.2) is 0 Å². The Kier molecular flexibility index (Phi) is 5.41. The molecule has 0 heterocycles. The Hall–Kier alpha value is -2.04. The van der Waals surface area contributed by atoms with E-state index >= 15 is 0 Å². The number of carbonyl (C=O) groups excluding carboxylic acids is 2. The fraction of sp³-hybridized carbons (Fsp3) is 0.125.